The van der Waals surface area contributed by atoms with E-state index in [9.17, 15) is 13.2 Å². The fourth-order valence-electron chi connectivity index (χ4n) is 3.18. The van der Waals surface area contributed by atoms with Gasteiger partial charge in [-0.1, -0.05) is 6.07 Å². The van der Waals surface area contributed by atoms with Gasteiger partial charge in [-0.2, -0.15) is 9.41 Å². The summed E-state index contributed by atoms with van der Waals surface area (Å²) >= 11 is 1.52. The van der Waals surface area contributed by atoms with E-state index >= 15 is 0 Å². The van der Waals surface area contributed by atoms with E-state index in [1.165, 1.54) is 44.8 Å². The van der Waals surface area contributed by atoms with E-state index in [-0.39, 0.29) is 16.8 Å². The molecular formula is C19H25N4O3S2+. The van der Waals surface area contributed by atoms with E-state index in [0.717, 1.165) is 30.8 Å². The molecule has 7 nitrogen and oxygen atoms in total. The summed E-state index contributed by atoms with van der Waals surface area (Å²) < 4.78 is 27.3. The Morgan fingerprint density at radius 3 is 2.54 bits per heavy atom. The molecule has 0 spiro atoms. The first-order valence-electron chi connectivity index (χ1n) is 9.14. The van der Waals surface area contributed by atoms with Crippen LogP contribution in [0.1, 0.15) is 28.1 Å². The van der Waals surface area contributed by atoms with Crippen LogP contribution in [-0.2, 0) is 10.0 Å². The molecule has 1 aromatic carbocycles. The second-order valence-electron chi connectivity index (χ2n) is 6.95. The number of piperidine rings is 1. The summed E-state index contributed by atoms with van der Waals surface area (Å²) in [6.07, 6.45) is 3.27. The van der Waals surface area contributed by atoms with Crippen molar-refractivity contribution in [2.24, 2.45) is 5.10 Å². The number of sulfonamides is 1. The Hall–Kier alpha value is -2.07. The Labute approximate surface area is 169 Å². The third-order valence-corrected chi connectivity index (χ3v) is 7.75. The molecule has 28 heavy (non-hydrogen) atoms. The normalized spacial score (nSPS) is 20.5. The smallest absolute Gasteiger partial charge is 0.271 e. The summed E-state index contributed by atoms with van der Waals surface area (Å²) in [5, 5.41) is 5.84. The maximum atomic E-state index is 12.9. The molecule has 0 unspecified atom stereocenters. The maximum absolute atomic E-state index is 12.9. The molecule has 2 N–H and O–H groups in total. The van der Waals surface area contributed by atoms with E-state index < -0.39 is 10.0 Å². The minimum absolute atomic E-state index is 0.0169. The number of carbonyl (C=O) groups excluding carboxylic acids is 1. The molecular weight excluding hydrogens is 396 g/mol. The summed E-state index contributed by atoms with van der Waals surface area (Å²) in [6.45, 7) is 1.94. The topological polar surface area (TPSA) is 83.3 Å². The minimum Gasteiger partial charge on any atom is -0.337 e. The van der Waals surface area contributed by atoms with Gasteiger partial charge >= 0.3 is 0 Å². The van der Waals surface area contributed by atoms with Crippen LogP contribution in [0.4, 0.5) is 0 Å². The van der Waals surface area contributed by atoms with Gasteiger partial charge in [-0.15, -0.1) is 11.3 Å². The van der Waals surface area contributed by atoms with E-state index in [1.54, 1.807) is 13.3 Å². The van der Waals surface area contributed by atoms with Gasteiger partial charge in [0.1, 0.15) is 0 Å². The first-order valence-corrected chi connectivity index (χ1v) is 11.5. The quantitative estimate of drug-likeness (QED) is 0.535. The van der Waals surface area contributed by atoms with Crippen LogP contribution in [0, 0.1) is 0 Å². The van der Waals surface area contributed by atoms with Gasteiger partial charge in [0.15, 0.2) is 0 Å². The standard InChI is InChI=1S/C19H24N4O3S2/c1-22-11-9-16(10-12-22)23(2)28(25,26)18-7-5-15(6-8-18)19(24)21-20-14-17-4-3-13-27-17/h3-8,13-14,16H,9-12H2,1-2H3,(H,21,24)/p+1/b20-14-. The Balaban J connectivity index is 1.64. The second-order valence-corrected chi connectivity index (χ2v) is 9.93. The third kappa shape index (κ3) is 4.85. The Kier molecular flexibility index (Phi) is 6.61. The van der Waals surface area contributed by atoms with Crippen LogP contribution < -0.4 is 10.3 Å². The van der Waals surface area contributed by atoms with E-state index in [0.29, 0.717) is 5.56 Å². The van der Waals surface area contributed by atoms with Crippen LogP contribution in [-0.4, -0.2) is 58.1 Å². The van der Waals surface area contributed by atoms with Crippen molar-refractivity contribution in [1.29, 1.82) is 0 Å². The number of rotatable bonds is 6. The van der Waals surface area contributed by atoms with Crippen molar-refractivity contribution in [1.82, 2.24) is 9.73 Å². The average Bonchev–Trinajstić information content (AvgIpc) is 3.21. The van der Waals surface area contributed by atoms with Crippen molar-refractivity contribution >= 4 is 33.5 Å². The SMILES string of the molecule is CN(C1CC[NH+](C)CC1)S(=O)(=O)c1ccc(C(=O)N/N=C\c2cccs2)cc1. The highest BCUT2D eigenvalue weighted by Crippen LogP contribution is 2.20. The lowest BCUT2D eigenvalue weighted by molar-refractivity contribution is -0.885. The molecule has 1 aliphatic rings. The van der Waals surface area contributed by atoms with Gasteiger partial charge < -0.3 is 4.90 Å². The van der Waals surface area contributed by atoms with Crippen molar-refractivity contribution in [3.8, 4) is 0 Å². The van der Waals surface area contributed by atoms with Crippen molar-refractivity contribution in [3.05, 3.63) is 52.2 Å². The van der Waals surface area contributed by atoms with Crippen molar-refractivity contribution in [3.63, 3.8) is 0 Å². The highest BCUT2D eigenvalue weighted by molar-refractivity contribution is 7.89. The average molecular weight is 422 g/mol. The maximum Gasteiger partial charge on any atom is 0.271 e. The number of carbonyl (C=O) groups is 1. The number of nitrogens with one attached hydrogen (secondary N) is 2. The van der Waals surface area contributed by atoms with Gasteiger partial charge in [0.25, 0.3) is 5.91 Å². The number of likely N-dealkylation sites (tertiary alicyclic amines) is 1. The molecule has 0 atom stereocenters. The van der Waals surface area contributed by atoms with Crippen molar-refractivity contribution < 1.29 is 18.1 Å². The van der Waals surface area contributed by atoms with Gasteiger partial charge in [0.05, 0.1) is 31.2 Å². The molecule has 0 radical (unpaired) electrons. The lowest BCUT2D eigenvalue weighted by atomic mass is 10.1. The summed E-state index contributed by atoms with van der Waals surface area (Å²) in [4.78, 5) is 14.7. The zero-order valence-corrected chi connectivity index (χ0v) is 17.6. The number of hydrogen-bond donors (Lipinski definition) is 2. The summed E-state index contributed by atoms with van der Waals surface area (Å²) in [7, 11) is 0.182. The minimum atomic E-state index is -3.58. The van der Waals surface area contributed by atoms with Gasteiger partial charge in [0, 0.05) is 36.4 Å². The van der Waals surface area contributed by atoms with Crippen LogP contribution in [0.25, 0.3) is 0 Å². The molecule has 150 valence electrons. The van der Waals surface area contributed by atoms with Gasteiger partial charge in [-0.3, -0.25) is 4.79 Å². The fourth-order valence-corrected chi connectivity index (χ4v) is 5.18. The number of nitrogens with zero attached hydrogens (tertiary/aromatic N) is 2. The lowest BCUT2D eigenvalue weighted by Crippen LogP contribution is -3.10. The molecule has 1 fully saturated rings. The molecule has 1 aromatic heterocycles. The number of amides is 1. The van der Waals surface area contributed by atoms with Crippen LogP contribution in [0.5, 0.6) is 0 Å². The molecule has 3 rings (SSSR count). The number of quaternary nitrogens is 1. The zero-order valence-electron chi connectivity index (χ0n) is 16.0. The highest BCUT2D eigenvalue weighted by atomic mass is 32.2. The molecule has 1 saturated heterocycles. The summed E-state index contributed by atoms with van der Waals surface area (Å²) in [5.74, 6) is -0.386. The number of thiophene rings is 1. The molecule has 2 aromatic rings. The number of hydrazone groups is 1. The van der Waals surface area contributed by atoms with E-state index in [2.05, 4.69) is 17.6 Å². The van der Waals surface area contributed by atoms with Crippen LogP contribution >= 0.6 is 11.3 Å². The zero-order chi connectivity index (χ0) is 20.1. The Bertz CT molecular complexity index is 917. The van der Waals surface area contributed by atoms with Gasteiger partial charge in [0.2, 0.25) is 10.0 Å². The first-order chi connectivity index (χ1) is 13.4. The van der Waals surface area contributed by atoms with Crippen LogP contribution in [0.3, 0.4) is 0 Å². The van der Waals surface area contributed by atoms with Crippen molar-refractivity contribution in [2.45, 2.75) is 23.8 Å². The Morgan fingerprint density at radius 1 is 1.25 bits per heavy atom. The third-order valence-electron chi connectivity index (χ3n) is 5.02. The molecule has 1 aliphatic heterocycles. The first kappa shape index (κ1) is 20.7. The van der Waals surface area contributed by atoms with Crippen LogP contribution in [0.2, 0.25) is 0 Å². The predicted octanol–water partition coefficient (Wildman–Crippen LogP) is 0.810. The van der Waals surface area contributed by atoms with Gasteiger partial charge in [-0.05, 0) is 35.7 Å². The lowest BCUT2D eigenvalue weighted by Gasteiger charge is -2.32. The Morgan fingerprint density at radius 2 is 1.93 bits per heavy atom. The monoisotopic (exact) mass is 421 g/mol. The molecule has 0 bridgehead atoms. The molecule has 1 amide bonds. The number of benzene rings is 1. The second kappa shape index (κ2) is 8.95. The largest absolute Gasteiger partial charge is 0.337 e. The molecule has 0 saturated carbocycles. The fraction of sp³-hybridized carbons (Fsp3) is 0.368. The van der Waals surface area contributed by atoms with E-state index in [4.69, 9.17) is 0 Å². The van der Waals surface area contributed by atoms with Gasteiger partial charge in [-0.25, -0.2) is 13.8 Å². The molecule has 0 aliphatic carbocycles. The predicted molar refractivity (Wildman–Crippen MR) is 110 cm³/mol. The highest BCUT2D eigenvalue weighted by Gasteiger charge is 2.31. The number of hydrogen-bond acceptors (Lipinski definition) is 5. The summed E-state index contributed by atoms with van der Waals surface area (Å²) in [6, 6.07) is 9.78. The molecule has 2 heterocycles. The van der Waals surface area contributed by atoms with Crippen LogP contribution in [0.15, 0.2) is 51.8 Å². The van der Waals surface area contributed by atoms with Crippen molar-refractivity contribution in [2.75, 3.05) is 27.2 Å². The van der Waals surface area contributed by atoms with E-state index in [1.807, 2.05) is 17.5 Å². The molecule has 9 heteroatoms. The summed E-state index contributed by atoms with van der Waals surface area (Å²) in [5.41, 5.74) is 2.80.